The molecule has 2 unspecified atom stereocenters. The van der Waals surface area contributed by atoms with E-state index in [1.54, 1.807) is 7.11 Å². The van der Waals surface area contributed by atoms with Crippen LogP contribution in [0.4, 0.5) is 0 Å². The predicted molar refractivity (Wildman–Crippen MR) is 56.4 cm³/mol. The van der Waals surface area contributed by atoms with E-state index in [1.807, 2.05) is 14.0 Å². The molecular weight excluding hydrogens is 180 g/mol. The number of hydrogen-bond acceptors (Lipinski definition) is 4. The molecule has 0 aromatic rings. The van der Waals surface area contributed by atoms with Crippen molar-refractivity contribution in [2.75, 3.05) is 40.4 Å². The Morgan fingerprint density at radius 3 is 2.79 bits per heavy atom. The largest absolute Gasteiger partial charge is 0.394 e. The Balaban J connectivity index is 2.37. The van der Waals surface area contributed by atoms with Crippen LogP contribution in [0, 0.1) is 0 Å². The molecule has 4 heteroatoms. The maximum absolute atomic E-state index is 9.25. The van der Waals surface area contributed by atoms with Gasteiger partial charge in [0, 0.05) is 26.7 Å². The highest BCUT2D eigenvalue weighted by Crippen LogP contribution is 2.15. The number of hydrogen-bond donors (Lipinski definition) is 2. The summed E-state index contributed by atoms with van der Waals surface area (Å²) in [5, 5.41) is 12.4. The maximum atomic E-state index is 9.25. The lowest BCUT2D eigenvalue weighted by Gasteiger charge is -2.31. The Morgan fingerprint density at radius 2 is 2.36 bits per heavy atom. The van der Waals surface area contributed by atoms with Gasteiger partial charge in [-0.15, -0.1) is 0 Å². The number of rotatable bonds is 5. The first-order valence-electron chi connectivity index (χ1n) is 5.18. The minimum Gasteiger partial charge on any atom is -0.394 e. The number of aliphatic hydroxyl groups excluding tert-OH is 1. The lowest BCUT2D eigenvalue weighted by atomic mass is 10.0. The molecule has 0 aliphatic carbocycles. The molecule has 0 saturated carbocycles. The average Bonchev–Trinajstić information content (AvgIpc) is 2.65. The highest BCUT2D eigenvalue weighted by Gasteiger charge is 2.29. The summed E-state index contributed by atoms with van der Waals surface area (Å²) in [4.78, 5) is 2.33. The summed E-state index contributed by atoms with van der Waals surface area (Å²) in [5.41, 5.74) is -0.192. The van der Waals surface area contributed by atoms with Crippen LogP contribution in [0.2, 0.25) is 0 Å². The van der Waals surface area contributed by atoms with Gasteiger partial charge >= 0.3 is 0 Å². The number of likely N-dealkylation sites (N-methyl/N-ethyl adjacent to an activating group) is 1. The van der Waals surface area contributed by atoms with Gasteiger partial charge in [0.05, 0.1) is 18.2 Å². The zero-order valence-electron chi connectivity index (χ0n) is 9.42. The van der Waals surface area contributed by atoms with E-state index in [0.29, 0.717) is 6.10 Å². The molecule has 1 aliphatic heterocycles. The van der Waals surface area contributed by atoms with Crippen molar-refractivity contribution in [2.24, 2.45) is 0 Å². The van der Waals surface area contributed by atoms with Crippen LogP contribution < -0.4 is 5.32 Å². The van der Waals surface area contributed by atoms with Gasteiger partial charge < -0.3 is 15.2 Å². The lowest BCUT2D eigenvalue weighted by Crippen LogP contribution is -2.52. The third kappa shape index (κ3) is 2.92. The van der Waals surface area contributed by atoms with Gasteiger partial charge in [-0.1, -0.05) is 0 Å². The summed E-state index contributed by atoms with van der Waals surface area (Å²) in [6, 6.07) is 0. The predicted octanol–water partition coefficient (Wildman–Crippen LogP) is -0.322. The van der Waals surface area contributed by atoms with Crippen LogP contribution in [0.15, 0.2) is 0 Å². The van der Waals surface area contributed by atoms with E-state index in [-0.39, 0.29) is 12.1 Å². The summed E-state index contributed by atoms with van der Waals surface area (Å²) in [5.74, 6) is 0. The molecule has 0 radical (unpaired) electrons. The fourth-order valence-corrected chi connectivity index (χ4v) is 1.83. The summed E-state index contributed by atoms with van der Waals surface area (Å²) in [7, 11) is 3.65. The molecule has 0 amide bonds. The van der Waals surface area contributed by atoms with Crippen LogP contribution in [0.5, 0.6) is 0 Å². The molecular formula is C10H22N2O2. The molecule has 1 aliphatic rings. The monoisotopic (exact) mass is 202 g/mol. The summed E-state index contributed by atoms with van der Waals surface area (Å²) >= 11 is 0. The van der Waals surface area contributed by atoms with Gasteiger partial charge in [0.1, 0.15) is 0 Å². The Labute approximate surface area is 86.2 Å². The second-order valence-corrected chi connectivity index (χ2v) is 4.35. The maximum Gasteiger partial charge on any atom is 0.0710 e. The van der Waals surface area contributed by atoms with Crippen molar-refractivity contribution in [3.05, 3.63) is 0 Å². The van der Waals surface area contributed by atoms with E-state index in [2.05, 4.69) is 10.2 Å². The van der Waals surface area contributed by atoms with Crippen molar-refractivity contribution in [1.29, 1.82) is 0 Å². The Hall–Kier alpha value is -0.160. The molecule has 14 heavy (non-hydrogen) atoms. The van der Waals surface area contributed by atoms with Gasteiger partial charge in [-0.3, -0.25) is 4.90 Å². The van der Waals surface area contributed by atoms with Crippen LogP contribution in [-0.2, 0) is 4.74 Å². The van der Waals surface area contributed by atoms with Gasteiger partial charge in [0.2, 0.25) is 0 Å². The van der Waals surface area contributed by atoms with Gasteiger partial charge in [-0.2, -0.15) is 0 Å². The average molecular weight is 202 g/mol. The van der Waals surface area contributed by atoms with Crippen LogP contribution in [0.25, 0.3) is 0 Å². The molecule has 4 nitrogen and oxygen atoms in total. The Morgan fingerprint density at radius 1 is 1.64 bits per heavy atom. The van der Waals surface area contributed by atoms with Crippen LogP contribution in [0.1, 0.15) is 13.3 Å². The number of likely N-dealkylation sites (tertiary alicyclic amines) is 1. The highest BCUT2D eigenvalue weighted by molar-refractivity contribution is 4.88. The first-order chi connectivity index (χ1) is 6.63. The SMILES string of the molecule is CNC(C)(CO)CN1CCC(OC)C1. The van der Waals surface area contributed by atoms with Gasteiger partial charge in [-0.05, 0) is 20.4 Å². The molecule has 1 saturated heterocycles. The van der Waals surface area contributed by atoms with Gasteiger partial charge in [0.25, 0.3) is 0 Å². The molecule has 0 aromatic carbocycles. The standard InChI is InChI=1S/C10H22N2O2/c1-10(8-13,11-2)7-12-5-4-9(6-12)14-3/h9,11,13H,4-8H2,1-3H3. The molecule has 0 spiro atoms. The second kappa shape index (κ2) is 5.07. The molecule has 0 bridgehead atoms. The zero-order chi connectivity index (χ0) is 10.6. The van der Waals surface area contributed by atoms with Crippen molar-refractivity contribution in [3.63, 3.8) is 0 Å². The molecule has 0 aromatic heterocycles. The summed E-state index contributed by atoms with van der Waals surface area (Å²) in [6.07, 6.45) is 1.47. The first-order valence-corrected chi connectivity index (χ1v) is 5.18. The number of aliphatic hydroxyl groups is 1. The molecule has 2 N–H and O–H groups in total. The quantitative estimate of drug-likeness (QED) is 0.641. The zero-order valence-corrected chi connectivity index (χ0v) is 9.42. The highest BCUT2D eigenvalue weighted by atomic mass is 16.5. The third-order valence-electron chi connectivity index (χ3n) is 3.09. The minimum atomic E-state index is -0.192. The van der Waals surface area contributed by atoms with E-state index < -0.39 is 0 Å². The molecule has 84 valence electrons. The third-order valence-corrected chi connectivity index (χ3v) is 3.09. The number of methoxy groups -OCH3 is 1. The fraction of sp³-hybridized carbons (Fsp3) is 1.00. The van der Waals surface area contributed by atoms with Crippen LogP contribution in [0.3, 0.4) is 0 Å². The summed E-state index contributed by atoms with van der Waals surface area (Å²) < 4.78 is 5.30. The normalized spacial score (nSPS) is 27.9. The lowest BCUT2D eigenvalue weighted by molar-refractivity contribution is 0.0947. The minimum absolute atomic E-state index is 0.164. The number of nitrogens with zero attached hydrogens (tertiary/aromatic N) is 1. The molecule has 2 atom stereocenters. The van der Waals surface area contributed by atoms with Crippen molar-refractivity contribution < 1.29 is 9.84 Å². The van der Waals surface area contributed by atoms with E-state index in [9.17, 15) is 5.11 Å². The molecule has 1 rings (SSSR count). The van der Waals surface area contributed by atoms with E-state index in [4.69, 9.17) is 4.74 Å². The number of ether oxygens (including phenoxy) is 1. The Kier molecular flexibility index (Phi) is 4.31. The van der Waals surface area contributed by atoms with Gasteiger partial charge in [0.15, 0.2) is 0 Å². The molecule has 1 heterocycles. The van der Waals surface area contributed by atoms with Crippen LogP contribution >= 0.6 is 0 Å². The van der Waals surface area contributed by atoms with Crippen molar-refractivity contribution in [1.82, 2.24) is 10.2 Å². The van der Waals surface area contributed by atoms with E-state index >= 15 is 0 Å². The number of nitrogens with one attached hydrogen (secondary N) is 1. The fourth-order valence-electron chi connectivity index (χ4n) is 1.83. The van der Waals surface area contributed by atoms with Crippen molar-refractivity contribution in [3.8, 4) is 0 Å². The van der Waals surface area contributed by atoms with E-state index in [0.717, 1.165) is 26.1 Å². The first kappa shape index (κ1) is 11.9. The molecule has 1 fully saturated rings. The Bertz CT molecular complexity index is 172. The van der Waals surface area contributed by atoms with Crippen molar-refractivity contribution in [2.45, 2.75) is 25.0 Å². The van der Waals surface area contributed by atoms with Crippen molar-refractivity contribution >= 4 is 0 Å². The smallest absolute Gasteiger partial charge is 0.0710 e. The topological polar surface area (TPSA) is 44.7 Å². The van der Waals surface area contributed by atoms with Crippen LogP contribution in [-0.4, -0.2) is 62.0 Å². The summed E-state index contributed by atoms with van der Waals surface area (Å²) in [6.45, 7) is 5.12. The van der Waals surface area contributed by atoms with E-state index in [1.165, 1.54) is 0 Å². The van der Waals surface area contributed by atoms with Gasteiger partial charge in [-0.25, -0.2) is 0 Å². The second-order valence-electron chi connectivity index (χ2n) is 4.35.